The molecule has 5 rings (SSSR count). The van der Waals surface area contributed by atoms with Crippen LogP contribution in [0.2, 0.25) is 0 Å². The predicted octanol–water partition coefficient (Wildman–Crippen LogP) is 7.14. The van der Waals surface area contributed by atoms with Crippen LogP contribution in [-0.4, -0.2) is 35.5 Å². The highest BCUT2D eigenvalue weighted by atomic mass is 31.2. The Morgan fingerprint density at radius 1 is 0.395 bits per heavy atom. The minimum absolute atomic E-state index is 0.247. The molecule has 0 spiro atoms. The van der Waals surface area contributed by atoms with Crippen molar-refractivity contribution in [2.24, 2.45) is 0 Å². The Labute approximate surface area is 222 Å². The maximum atomic E-state index is 14.2. The van der Waals surface area contributed by atoms with E-state index in [1.807, 2.05) is 24.3 Å². The zero-order chi connectivity index (χ0) is 26.3. The molecule has 0 saturated carbocycles. The van der Waals surface area contributed by atoms with Gasteiger partial charge in [-0.15, -0.1) is 0 Å². The average molecular weight is 550 g/mol. The van der Waals surface area contributed by atoms with Crippen LogP contribution in [-0.2, 0) is 9.13 Å². The van der Waals surface area contributed by atoms with Crippen molar-refractivity contribution in [3.63, 3.8) is 0 Å². The van der Waals surface area contributed by atoms with Crippen LogP contribution in [0.1, 0.15) is 0 Å². The van der Waals surface area contributed by atoms with E-state index in [-0.39, 0.29) is 26.2 Å². The fourth-order valence-corrected chi connectivity index (χ4v) is 7.33. The molecular weight excluding hydrogens is 522 g/mol. The van der Waals surface area contributed by atoms with Crippen molar-refractivity contribution in [3.8, 4) is 23.0 Å². The molecule has 8 nitrogen and oxygen atoms in total. The van der Waals surface area contributed by atoms with Crippen molar-refractivity contribution in [3.05, 3.63) is 121 Å². The molecule has 1 aliphatic rings. The molecule has 0 bridgehead atoms. The van der Waals surface area contributed by atoms with E-state index in [2.05, 4.69) is 0 Å². The summed E-state index contributed by atoms with van der Waals surface area (Å²) in [6.45, 7) is 0.989. The third-order valence-electron chi connectivity index (χ3n) is 5.78. The second-order valence-electron chi connectivity index (χ2n) is 8.46. The highest BCUT2D eigenvalue weighted by Gasteiger charge is 2.45. The van der Waals surface area contributed by atoms with E-state index in [4.69, 9.17) is 18.1 Å². The first-order chi connectivity index (χ1) is 18.5. The van der Waals surface area contributed by atoms with Crippen LogP contribution in [0.15, 0.2) is 121 Å². The molecule has 4 aromatic rings. The summed E-state index contributed by atoms with van der Waals surface area (Å²) in [6.07, 6.45) is 0. The number of rotatable bonds is 10. The molecule has 196 valence electrons. The van der Waals surface area contributed by atoms with E-state index >= 15 is 0 Å². The summed E-state index contributed by atoms with van der Waals surface area (Å²) in [5.74, 6) is 1.72. The predicted molar refractivity (Wildman–Crippen MR) is 147 cm³/mol. The average Bonchev–Trinajstić information content (AvgIpc) is 2.95. The highest BCUT2D eigenvalue weighted by molar-refractivity contribution is 7.52. The van der Waals surface area contributed by atoms with E-state index in [0.717, 1.165) is 0 Å². The van der Waals surface area contributed by atoms with Crippen molar-refractivity contribution in [2.45, 2.75) is 0 Å². The molecule has 1 fully saturated rings. The van der Waals surface area contributed by atoms with Crippen molar-refractivity contribution >= 4 is 15.5 Å². The molecule has 1 heterocycles. The maximum Gasteiger partial charge on any atom is 0.515 e. The van der Waals surface area contributed by atoms with Gasteiger partial charge >= 0.3 is 15.5 Å². The second kappa shape index (κ2) is 11.9. The van der Waals surface area contributed by atoms with Crippen molar-refractivity contribution in [1.29, 1.82) is 0 Å². The molecule has 0 unspecified atom stereocenters. The van der Waals surface area contributed by atoms with Gasteiger partial charge in [-0.05, 0) is 48.5 Å². The Balaban J connectivity index is 1.37. The van der Waals surface area contributed by atoms with Gasteiger partial charge < -0.3 is 18.1 Å². The first kappa shape index (κ1) is 26.1. The summed E-state index contributed by atoms with van der Waals surface area (Å²) in [5, 5.41) is 0. The Morgan fingerprint density at radius 3 is 0.816 bits per heavy atom. The lowest BCUT2D eigenvalue weighted by Crippen LogP contribution is -2.45. The van der Waals surface area contributed by atoms with E-state index in [9.17, 15) is 9.13 Å². The van der Waals surface area contributed by atoms with E-state index in [1.165, 1.54) is 0 Å². The minimum atomic E-state index is -3.82. The highest BCUT2D eigenvalue weighted by Crippen LogP contribution is 2.56. The zero-order valence-corrected chi connectivity index (χ0v) is 22.4. The SMILES string of the molecule is O=P(Oc1ccccc1)(Oc1ccccc1)N1CCN(P(=O)(Oc2ccccc2)Oc2ccccc2)CC1. The van der Waals surface area contributed by atoms with Crippen LogP contribution in [0.25, 0.3) is 0 Å². The molecule has 38 heavy (non-hydrogen) atoms. The van der Waals surface area contributed by atoms with Gasteiger partial charge in [-0.2, -0.15) is 9.34 Å². The smallest absolute Gasteiger partial charge is 0.404 e. The van der Waals surface area contributed by atoms with Crippen LogP contribution >= 0.6 is 15.5 Å². The number of nitrogens with zero attached hydrogens (tertiary/aromatic N) is 2. The lowest BCUT2D eigenvalue weighted by Gasteiger charge is -2.38. The quantitative estimate of drug-likeness (QED) is 0.193. The second-order valence-corrected chi connectivity index (χ2v) is 12.2. The van der Waals surface area contributed by atoms with Crippen LogP contribution in [0.4, 0.5) is 0 Å². The fraction of sp³-hybridized carbons (Fsp3) is 0.143. The number of para-hydroxylation sites is 4. The molecule has 1 saturated heterocycles. The number of piperazine rings is 1. The molecule has 0 atom stereocenters. The molecule has 0 aliphatic carbocycles. The summed E-state index contributed by atoms with van der Waals surface area (Å²) < 4.78 is 55.5. The van der Waals surface area contributed by atoms with Crippen LogP contribution in [0.5, 0.6) is 23.0 Å². The first-order valence-corrected chi connectivity index (χ1v) is 15.2. The summed E-state index contributed by atoms with van der Waals surface area (Å²) in [6, 6.07) is 35.7. The molecule has 4 aromatic carbocycles. The minimum Gasteiger partial charge on any atom is -0.404 e. The van der Waals surface area contributed by atoms with Crippen molar-refractivity contribution < 1.29 is 27.2 Å². The Morgan fingerprint density at radius 2 is 0.605 bits per heavy atom. The summed E-state index contributed by atoms with van der Waals surface area (Å²) in [4.78, 5) is 0. The monoisotopic (exact) mass is 550 g/mol. The third-order valence-corrected chi connectivity index (χ3v) is 9.73. The molecule has 1 aliphatic heterocycles. The summed E-state index contributed by atoms with van der Waals surface area (Å²) >= 11 is 0. The Hall–Kier alpha value is -3.54. The van der Waals surface area contributed by atoms with Gasteiger partial charge in [-0.1, -0.05) is 72.8 Å². The topological polar surface area (TPSA) is 77.5 Å². The third kappa shape index (κ3) is 6.47. The standard InChI is InChI=1S/C28H28N2O6P2/c31-37(33-25-13-5-1-6-14-25,34-26-15-7-2-8-16-26)29-21-23-30(24-22-29)38(32,35-27-17-9-3-10-18-27)36-28-19-11-4-12-20-28/h1-20H,21-24H2. The Bertz CT molecular complexity index is 1190. The van der Waals surface area contributed by atoms with Gasteiger partial charge in [0.2, 0.25) is 0 Å². The normalized spacial score (nSPS) is 14.9. The number of benzene rings is 4. The Kier molecular flexibility index (Phi) is 8.16. The lowest BCUT2D eigenvalue weighted by molar-refractivity contribution is 0.194. The van der Waals surface area contributed by atoms with E-state index in [0.29, 0.717) is 23.0 Å². The van der Waals surface area contributed by atoms with Gasteiger partial charge in [0.05, 0.1) is 0 Å². The van der Waals surface area contributed by atoms with Crippen molar-refractivity contribution in [1.82, 2.24) is 9.34 Å². The van der Waals surface area contributed by atoms with Gasteiger partial charge in [-0.3, -0.25) is 0 Å². The summed E-state index contributed by atoms with van der Waals surface area (Å²) in [5.41, 5.74) is 0. The van der Waals surface area contributed by atoms with E-state index in [1.54, 1.807) is 106 Å². The van der Waals surface area contributed by atoms with Gasteiger partial charge in [0, 0.05) is 26.2 Å². The molecule has 0 amide bonds. The molecular formula is C28H28N2O6P2. The van der Waals surface area contributed by atoms with Crippen molar-refractivity contribution in [2.75, 3.05) is 26.2 Å². The molecule has 0 radical (unpaired) electrons. The summed E-state index contributed by atoms with van der Waals surface area (Å²) in [7, 11) is -7.63. The van der Waals surface area contributed by atoms with Gasteiger partial charge in [-0.25, -0.2) is 9.13 Å². The largest absolute Gasteiger partial charge is 0.515 e. The lowest BCUT2D eigenvalue weighted by atomic mass is 10.3. The number of hydrogen-bond donors (Lipinski definition) is 0. The molecule has 0 N–H and O–H groups in total. The van der Waals surface area contributed by atoms with Crippen LogP contribution in [0, 0.1) is 0 Å². The zero-order valence-electron chi connectivity index (χ0n) is 20.6. The maximum absolute atomic E-state index is 14.2. The molecule has 0 aromatic heterocycles. The van der Waals surface area contributed by atoms with Crippen LogP contribution in [0.3, 0.4) is 0 Å². The number of hydrogen-bond acceptors (Lipinski definition) is 6. The first-order valence-electron chi connectivity index (χ1n) is 12.2. The molecule has 10 heteroatoms. The van der Waals surface area contributed by atoms with Gasteiger partial charge in [0.25, 0.3) is 0 Å². The van der Waals surface area contributed by atoms with Gasteiger partial charge in [0.1, 0.15) is 23.0 Å². The van der Waals surface area contributed by atoms with E-state index < -0.39 is 15.5 Å². The van der Waals surface area contributed by atoms with Gasteiger partial charge in [0.15, 0.2) is 0 Å². The van der Waals surface area contributed by atoms with Crippen LogP contribution < -0.4 is 18.1 Å². The fourth-order valence-electron chi connectivity index (χ4n) is 3.90.